The summed E-state index contributed by atoms with van der Waals surface area (Å²) in [7, 11) is 2.09. The highest BCUT2D eigenvalue weighted by atomic mass is 35.5. The van der Waals surface area contributed by atoms with Gasteiger partial charge in [-0.05, 0) is 44.2 Å². The zero-order valence-electron chi connectivity index (χ0n) is 9.45. The average Bonchev–Trinajstić information content (AvgIpc) is 3.10. The van der Waals surface area contributed by atoms with Crippen molar-refractivity contribution in [1.29, 1.82) is 0 Å². The number of hydrogen-bond donors (Lipinski definition) is 0. The van der Waals surface area contributed by atoms with Gasteiger partial charge in [0.05, 0.1) is 0 Å². The molecular formula is C13H16ClNO. The van der Waals surface area contributed by atoms with Gasteiger partial charge >= 0.3 is 0 Å². The van der Waals surface area contributed by atoms with Crippen molar-refractivity contribution in [2.75, 3.05) is 13.6 Å². The fourth-order valence-corrected chi connectivity index (χ4v) is 1.88. The molecule has 16 heavy (non-hydrogen) atoms. The third-order valence-corrected chi connectivity index (χ3v) is 3.28. The van der Waals surface area contributed by atoms with Gasteiger partial charge in [0.1, 0.15) is 0 Å². The summed E-state index contributed by atoms with van der Waals surface area (Å²) >= 11 is 5.77. The minimum atomic E-state index is 0.198. The maximum atomic E-state index is 11.8. The Bertz CT molecular complexity index is 370. The minimum Gasteiger partial charge on any atom is -0.303 e. The lowest BCUT2D eigenvalue weighted by atomic mass is 10.1. The van der Waals surface area contributed by atoms with E-state index in [1.54, 1.807) is 24.3 Å². The monoisotopic (exact) mass is 237 g/mol. The van der Waals surface area contributed by atoms with Crippen LogP contribution in [0.25, 0.3) is 0 Å². The molecule has 2 nitrogen and oxygen atoms in total. The molecule has 0 radical (unpaired) electrons. The summed E-state index contributed by atoms with van der Waals surface area (Å²) in [5.41, 5.74) is 0.758. The van der Waals surface area contributed by atoms with E-state index in [0.29, 0.717) is 11.4 Å². The fraction of sp³-hybridized carbons (Fsp3) is 0.462. The van der Waals surface area contributed by atoms with Crippen molar-refractivity contribution in [1.82, 2.24) is 4.90 Å². The molecule has 0 heterocycles. The predicted molar refractivity (Wildman–Crippen MR) is 66.1 cm³/mol. The van der Waals surface area contributed by atoms with Crippen molar-refractivity contribution in [2.45, 2.75) is 25.3 Å². The number of hydrogen-bond acceptors (Lipinski definition) is 2. The largest absolute Gasteiger partial charge is 0.303 e. The van der Waals surface area contributed by atoms with Crippen molar-refractivity contribution < 1.29 is 4.79 Å². The number of ketones is 1. The third-order valence-electron chi connectivity index (χ3n) is 3.03. The van der Waals surface area contributed by atoms with E-state index in [0.717, 1.165) is 18.2 Å². The van der Waals surface area contributed by atoms with E-state index < -0.39 is 0 Å². The van der Waals surface area contributed by atoms with Crippen molar-refractivity contribution in [3.05, 3.63) is 34.9 Å². The van der Waals surface area contributed by atoms with E-state index in [1.165, 1.54) is 12.8 Å². The van der Waals surface area contributed by atoms with Gasteiger partial charge in [-0.25, -0.2) is 0 Å². The van der Waals surface area contributed by atoms with Crippen LogP contribution >= 0.6 is 11.6 Å². The quantitative estimate of drug-likeness (QED) is 0.734. The number of nitrogens with zero attached hydrogens (tertiary/aromatic N) is 1. The smallest absolute Gasteiger partial charge is 0.164 e. The van der Waals surface area contributed by atoms with E-state index >= 15 is 0 Å². The Morgan fingerprint density at radius 2 is 2.00 bits per heavy atom. The van der Waals surface area contributed by atoms with Gasteiger partial charge in [0.25, 0.3) is 0 Å². The number of carbonyl (C=O) groups excluding carboxylic acids is 1. The first-order valence-electron chi connectivity index (χ1n) is 5.66. The predicted octanol–water partition coefficient (Wildman–Crippen LogP) is 3.01. The van der Waals surface area contributed by atoms with Crippen LogP contribution in [0.1, 0.15) is 29.6 Å². The summed E-state index contributed by atoms with van der Waals surface area (Å²) in [4.78, 5) is 14.1. The van der Waals surface area contributed by atoms with Crippen LogP contribution in [0.15, 0.2) is 24.3 Å². The standard InChI is InChI=1S/C13H16ClNO/c1-15(12-6-7-12)9-8-13(16)10-2-4-11(14)5-3-10/h2-5,12H,6-9H2,1H3. The molecule has 0 saturated heterocycles. The number of benzene rings is 1. The van der Waals surface area contributed by atoms with Gasteiger partial charge in [-0.3, -0.25) is 4.79 Å². The number of halogens is 1. The summed E-state index contributed by atoms with van der Waals surface area (Å²) in [5.74, 6) is 0.198. The Morgan fingerprint density at radius 3 is 2.56 bits per heavy atom. The second-order valence-corrected chi connectivity index (χ2v) is 4.83. The molecule has 0 spiro atoms. The normalized spacial score (nSPS) is 15.4. The first kappa shape index (κ1) is 11.6. The molecule has 1 aliphatic rings. The molecule has 1 fully saturated rings. The second kappa shape index (κ2) is 4.98. The van der Waals surface area contributed by atoms with Crippen LogP contribution in [-0.2, 0) is 0 Å². The maximum absolute atomic E-state index is 11.8. The Balaban J connectivity index is 1.85. The molecule has 0 aromatic heterocycles. The molecule has 0 atom stereocenters. The Kier molecular flexibility index (Phi) is 3.62. The summed E-state index contributed by atoms with van der Waals surface area (Å²) in [6.07, 6.45) is 3.16. The summed E-state index contributed by atoms with van der Waals surface area (Å²) < 4.78 is 0. The Hall–Kier alpha value is -0.860. The van der Waals surface area contributed by atoms with Crippen LogP contribution < -0.4 is 0 Å². The molecule has 2 rings (SSSR count). The van der Waals surface area contributed by atoms with E-state index in [2.05, 4.69) is 11.9 Å². The fourth-order valence-electron chi connectivity index (χ4n) is 1.76. The van der Waals surface area contributed by atoms with E-state index in [1.807, 2.05) is 0 Å². The maximum Gasteiger partial charge on any atom is 0.164 e. The Labute approximate surface area is 101 Å². The van der Waals surface area contributed by atoms with Crippen LogP contribution in [0.4, 0.5) is 0 Å². The van der Waals surface area contributed by atoms with Crippen molar-refractivity contribution in [2.24, 2.45) is 0 Å². The van der Waals surface area contributed by atoms with Crippen LogP contribution in [0.5, 0.6) is 0 Å². The molecule has 0 N–H and O–H groups in total. The lowest BCUT2D eigenvalue weighted by Gasteiger charge is -2.14. The lowest BCUT2D eigenvalue weighted by molar-refractivity contribution is 0.0968. The number of Topliss-reactive ketones (excluding diaryl/α,β-unsaturated/α-hetero) is 1. The molecule has 0 unspecified atom stereocenters. The summed E-state index contributed by atoms with van der Waals surface area (Å²) in [6, 6.07) is 7.83. The average molecular weight is 238 g/mol. The van der Waals surface area contributed by atoms with E-state index in [-0.39, 0.29) is 5.78 Å². The molecule has 0 aliphatic heterocycles. The molecule has 1 aliphatic carbocycles. The molecule has 3 heteroatoms. The topological polar surface area (TPSA) is 20.3 Å². The Morgan fingerprint density at radius 1 is 1.38 bits per heavy atom. The van der Waals surface area contributed by atoms with Gasteiger partial charge in [-0.2, -0.15) is 0 Å². The molecule has 0 bridgehead atoms. The number of rotatable bonds is 5. The minimum absolute atomic E-state index is 0.198. The van der Waals surface area contributed by atoms with Gasteiger partial charge in [0, 0.05) is 29.6 Å². The van der Waals surface area contributed by atoms with Crippen LogP contribution in [0.2, 0.25) is 5.02 Å². The van der Waals surface area contributed by atoms with Gasteiger partial charge in [0.15, 0.2) is 5.78 Å². The zero-order valence-corrected chi connectivity index (χ0v) is 10.2. The SMILES string of the molecule is CN(CCC(=O)c1ccc(Cl)cc1)C1CC1. The van der Waals surface area contributed by atoms with Crippen molar-refractivity contribution in [3.63, 3.8) is 0 Å². The highest BCUT2D eigenvalue weighted by Crippen LogP contribution is 2.25. The molecule has 0 amide bonds. The molecule has 1 saturated carbocycles. The molecule has 1 aromatic rings. The van der Waals surface area contributed by atoms with Crippen molar-refractivity contribution in [3.8, 4) is 0 Å². The summed E-state index contributed by atoms with van der Waals surface area (Å²) in [6.45, 7) is 0.853. The van der Waals surface area contributed by atoms with Crippen LogP contribution in [0.3, 0.4) is 0 Å². The lowest BCUT2D eigenvalue weighted by Crippen LogP contribution is -2.23. The third kappa shape index (κ3) is 3.06. The molecule has 86 valence electrons. The van der Waals surface area contributed by atoms with Gasteiger partial charge < -0.3 is 4.90 Å². The zero-order chi connectivity index (χ0) is 11.5. The highest BCUT2D eigenvalue weighted by Gasteiger charge is 2.25. The van der Waals surface area contributed by atoms with Gasteiger partial charge in [-0.15, -0.1) is 0 Å². The summed E-state index contributed by atoms with van der Waals surface area (Å²) in [5, 5.41) is 0.673. The van der Waals surface area contributed by atoms with E-state index in [4.69, 9.17) is 11.6 Å². The number of carbonyl (C=O) groups is 1. The van der Waals surface area contributed by atoms with Crippen LogP contribution in [0, 0.1) is 0 Å². The first-order valence-corrected chi connectivity index (χ1v) is 6.03. The molecular weight excluding hydrogens is 222 g/mol. The van der Waals surface area contributed by atoms with E-state index in [9.17, 15) is 4.79 Å². The van der Waals surface area contributed by atoms with Crippen molar-refractivity contribution >= 4 is 17.4 Å². The molecule has 1 aromatic carbocycles. The van der Waals surface area contributed by atoms with Gasteiger partial charge in [0.2, 0.25) is 0 Å². The first-order chi connectivity index (χ1) is 7.66. The van der Waals surface area contributed by atoms with Gasteiger partial charge in [-0.1, -0.05) is 11.6 Å². The highest BCUT2D eigenvalue weighted by molar-refractivity contribution is 6.30. The van der Waals surface area contributed by atoms with Crippen LogP contribution in [-0.4, -0.2) is 30.3 Å². The second-order valence-electron chi connectivity index (χ2n) is 4.39.